The molecule has 0 aliphatic carbocycles. The molecule has 1 aromatic carbocycles. The molecule has 1 aromatic rings. The lowest BCUT2D eigenvalue weighted by molar-refractivity contribution is -0.120. The van der Waals surface area contributed by atoms with Crippen molar-refractivity contribution >= 4 is 21.8 Å². The quantitative estimate of drug-likeness (QED) is 0.617. The van der Waals surface area contributed by atoms with Gasteiger partial charge >= 0.3 is 0 Å². The predicted molar refractivity (Wildman–Crippen MR) is 67.7 cm³/mol. The van der Waals surface area contributed by atoms with E-state index in [9.17, 15) is 9.18 Å². The summed E-state index contributed by atoms with van der Waals surface area (Å²) in [6, 6.07) is 5.91. The topological polar surface area (TPSA) is 38.3 Å². The summed E-state index contributed by atoms with van der Waals surface area (Å²) in [5, 5.41) is 3.52. The van der Waals surface area contributed by atoms with Crippen molar-refractivity contribution in [2.24, 2.45) is 0 Å². The van der Waals surface area contributed by atoms with Gasteiger partial charge in [0.05, 0.1) is 19.6 Å². The summed E-state index contributed by atoms with van der Waals surface area (Å²) in [7, 11) is 0. The average Bonchev–Trinajstić information content (AvgIpc) is 2.32. The van der Waals surface area contributed by atoms with Crippen LogP contribution in [0, 0.1) is 5.82 Å². The fourth-order valence-corrected chi connectivity index (χ4v) is 1.50. The van der Waals surface area contributed by atoms with Gasteiger partial charge in [0.2, 0.25) is 5.91 Å². The van der Waals surface area contributed by atoms with E-state index in [1.165, 1.54) is 12.1 Å². The van der Waals surface area contributed by atoms with E-state index in [4.69, 9.17) is 4.74 Å². The number of amides is 1. The van der Waals surface area contributed by atoms with Gasteiger partial charge < -0.3 is 10.1 Å². The smallest absolute Gasteiger partial charge is 0.224 e. The lowest BCUT2D eigenvalue weighted by atomic mass is 10.1. The van der Waals surface area contributed by atoms with Crippen molar-refractivity contribution in [3.8, 4) is 0 Å². The molecule has 0 radical (unpaired) electrons. The van der Waals surface area contributed by atoms with Crippen LogP contribution in [0.4, 0.5) is 4.39 Å². The summed E-state index contributed by atoms with van der Waals surface area (Å²) in [5.41, 5.74) is 0.797. The Hall–Kier alpha value is -0.940. The molecule has 3 nitrogen and oxygen atoms in total. The Kier molecular flexibility index (Phi) is 6.81. The van der Waals surface area contributed by atoms with E-state index in [-0.39, 0.29) is 18.1 Å². The zero-order valence-electron chi connectivity index (χ0n) is 9.42. The summed E-state index contributed by atoms with van der Waals surface area (Å²) >= 11 is 3.24. The predicted octanol–water partition coefficient (Wildman–Crippen LogP) is 1.90. The van der Waals surface area contributed by atoms with Crippen molar-refractivity contribution in [1.82, 2.24) is 5.32 Å². The molecule has 0 atom stereocenters. The highest BCUT2D eigenvalue weighted by Crippen LogP contribution is 2.03. The highest BCUT2D eigenvalue weighted by molar-refractivity contribution is 9.09. The fraction of sp³-hybridized carbons (Fsp3) is 0.417. The standard InChI is InChI=1S/C12H15BrFNO2/c13-5-7-17-8-6-15-12(16)9-10-1-3-11(14)4-2-10/h1-4H,5-9H2,(H,15,16). The molecular weight excluding hydrogens is 289 g/mol. The number of alkyl halides is 1. The summed E-state index contributed by atoms with van der Waals surface area (Å²) in [4.78, 5) is 11.5. The van der Waals surface area contributed by atoms with Crippen LogP contribution in [0.15, 0.2) is 24.3 Å². The molecule has 94 valence electrons. The van der Waals surface area contributed by atoms with Gasteiger partial charge in [0.15, 0.2) is 0 Å². The molecule has 0 heterocycles. The van der Waals surface area contributed by atoms with Crippen LogP contribution in [0.25, 0.3) is 0 Å². The van der Waals surface area contributed by atoms with Crippen LogP contribution in [0.1, 0.15) is 5.56 Å². The molecule has 0 fully saturated rings. The third-order valence-electron chi connectivity index (χ3n) is 2.07. The maximum atomic E-state index is 12.6. The Balaban J connectivity index is 2.18. The summed E-state index contributed by atoms with van der Waals surface area (Å²) in [6.07, 6.45) is 0.263. The molecule has 0 aliphatic rings. The first kappa shape index (κ1) is 14.1. The van der Waals surface area contributed by atoms with E-state index in [1.807, 2.05) is 0 Å². The van der Waals surface area contributed by atoms with Crippen molar-refractivity contribution in [3.05, 3.63) is 35.6 Å². The number of ether oxygens (including phenoxy) is 1. The number of halogens is 2. The van der Waals surface area contributed by atoms with Crippen LogP contribution in [0.5, 0.6) is 0 Å². The minimum atomic E-state index is -0.294. The fourth-order valence-electron chi connectivity index (χ4n) is 1.27. The Labute approximate surface area is 108 Å². The van der Waals surface area contributed by atoms with Gasteiger partial charge in [-0.2, -0.15) is 0 Å². The van der Waals surface area contributed by atoms with E-state index >= 15 is 0 Å². The second-order valence-electron chi connectivity index (χ2n) is 3.45. The number of rotatable bonds is 7. The molecule has 5 heteroatoms. The minimum absolute atomic E-state index is 0.0842. The molecule has 0 saturated heterocycles. The molecule has 0 spiro atoms. The number of nitrogens with one attached hydrogen (secondary N) is 1. The molecule has 17 heavy (non-hydrogen) atoms. The third-order valence-corrected chi connectivity index (χ3v) is 2.39. The Bertz CT molecular complexity index is 343. The van der Waals surface area contributed by atoms with Gasteiger partial charge in [-0.1, -0.05) is 28.1 Å². The Morgan fingerprint density at radius 3 is 2.65 bits per heavy atom. The van der Waals surface area contributed by atoms with Crippen LogP contribution < -0.4 is 5.32 Å². The lowest BCUT2D eigenvalue weighted by Crippen LogP contribution is -2.28. The second kappa shape index (κ2) is 8.20. The number of hydrogen-bond donors (Lipinski definition) is 1. The first-order chi connectivity index (χ1) is 8.22. The minimum Gasteiger partial charge on any atom is -0.379 e. The van der Waals surface area contributed by atoms with Gasteiger partial charge in [0.1, 0.15) is 5.82 Å². The van der Waals surface area contributed by atoms with Gasteiger partial charge in [0.25, 0.3) is 0 Å². The number of benzene rings is 1. The molecule has 0 aromatic heterocycles. The SMILES string of the molecule is O=C(Cc1ccc(F)cc1)NCCOCCBr. The Morgan fingerprint density at radius 1 is 1.29 bits per heavy atom. The lowest BCUT2D eigenvalue weighted by Gasteiger charge is -2.05. The maximum Gasteiger partial charge on any atom is 0.224 e. The highest BCUT2D eigenvalue weighted by atomic mass is 79.9. The van der Waals surface area contributed by atoms with Gasteiger partial charge in [-0.25, -0.2) is 4.39 Å². The van der Waals surface area contributed by atoms with Crippen LogP contribution in [-0.2, 0) is 16.0 Å². The molecule has 0 bridgehead atoms. The van der Waals surface area contributed by atoms with Gasteiger partial charge in [-0.05, 0) is 17.7 Å². The van der Waals surface area contributed by atoms with Crippen LogP contribution >= 0.6 is 15.9 Å². The van der Waals surface area contributed by atoms with E-state index in [0.717, 1.165) is 10.9 Å². The van der Waals surface area contributed by atoms with E-state index in [0.29, 0.717) is 19.8 Å². The van der Waals surface area contributed by atoms with Crippen molar-refractivity contribution in [2.45, 2.75) is 6.42 Å². The summed E-state index contributed by atoms with van der Waals surface area (Å²) in [6.45, 7) is 1.63. The normalized spacial score (nSPS) is 10.2. The largest absolute Gasteiger partial charge is 0.379 e. The molecule has 0 aliphatic heterocycles. The van der Waals surface area contributed by atoms with Gasteiger partial charge in [-0.15, -0.1) is 0 Å². The molecule has 1 amide bonds. The monoisotopic (exact) mass is 303 g/mol. The van der Waals surface area contributed by atoms with Gasteiger partial charge in [0, 0.05) is 11.9 Å². The van der Waals surface area contributed by atoms with E-state index in [1.54, 1.807) is 12.1 Å². The number of carbonyl (C=O) groups is 1. The highest BCUT2D eigenvalue weighted by Gasteiger charge is 2.02. The number of hydrogen-bond acceptors (Lipinski definition) is 2. The van der Waals surface area contributed by atoms with Crippen LogP contribution in [0.2, 0.25) is 0 Å². The van der Waals surface area contributed by atoms with Crippen molar-refractivity contribution in [1.29, 1.82) is 0 Å². The maximum absolute atomic E-state index is 12.6. The van der Waals surface area contributed by atoms with Gasteiger partial charge in [-0.3, -0.25) is 4.79 Å². The first-order valence-corrected chi connectivity index (χ1v) is 6.49. The molecule has 0 unspecified atom stereocenters. The van der Waals surface area contributed by atoms with Crippen molar-refractivity contribution in [3.63, 3.8) is 0 Å². The molecule has 1 rings (SSSR count). The summed E-state index contributed by atoms with van der Waals surface area (Å²) in [5.74, 6) is -0.378. The van der Waals surface area contributed by atoms with Crippen molar-refractivity contribution < 1.29 is 13.9 Å². The number of carbonyl (C=O) groups excluding carboxylic acids is 1. The van der Waals surface area contributed by atoms with Crippen molar-refractivity contribution in [2.75, 3.05) is 25.1 Å². The molecular formula is C12H15BrFNO2. The van der Waals surface area contributed by atoms with E-state index < -0.39 is 0 Å². The molecule has 0 saturated carbocycles. The van der Waals surface area contributed by atoms with Crippen LogP contribution in [0.3, 0.4) is 0 Å². The third kappa shape index (κ3) is 6.38. The zero-order valence-corrected chi connectivity index (χ0v) is 11.0. The average molecular weight is 304 g/mol. The Morgan fingerprint density at radius 2 is 2.00 bits per heavy atom. The van der Waals surface area contributed by atoms with E-state index in [2.05, 4.69) is 21.2 Å². The molecule has 1 N–H and O–H groups in total. The second-order valence-corrected chi connectivity index (χ2v) is 4.25. The summed E-state index contributed by atoms with van der Waals surface area (Å²) < 4.78 is 17.8. The van der Waals surface area contributed by atoms with Crippen LogP contribution in [-0.4, -0.2) is 31.0 Å². The zero-order chi connectivity index (χ0) is 12.5. The first-order valence-electron chi connectivity index (χ1n) is 5.37.